The number of nitrogens with one attached hydrogen (secondary N) is 2. The summed E-state index contributed by atoms with van der Waals surface area (Å²) in [7, 11) is 1.75. The van der Waals surface area contributed by atoms with Crippen molar-refractivity contribution in [3.05, 3.63) is 12.3 Å². The van der Waals surface area contributed by atoms with Crippen molar-refractivity contribution in [2.75, 3.05) is 13.8 Å². The van der Waals surface area contributed by atoms with Gasteiger partial charge in [-0.15, -0.1) is 0 Å². The van der Waals surface area contributed by atoms with Crippen LogP contribution in [0, 0.1) is 0 Å². The fourth-order valence-electron chi connectivity index (χ4n) is 1.68. The van der Waals surface area contributed by atoms with Gasteiger partial charge in [-0.05, 0) is 12.8 Å². The van der Waals surface area contributed by atoms with E-state index >= 15 is 0 Å². The number of ether oxygens (including phenoxy) is 1. The predicted octanol–water partition coefficient (Wildman–Crippen LogP) is 1.14. The summed E-state index contributed by atoms with van der Waals surface area (Å²) in [5.74, 6) is -0.125. The highest BCUT2D eigenvalue weighted by atomic mass is 16.5. The Bertz CT molecular complexity index is 211. The monoisotopic (exact) mass is 212 g/mol. The lowest BCUT2D eigenvalue weighted by Crippen LogP contribution is -2.28. The summed E-state index contributed by atoms with van der Waals surface area (Å²) in [4.78, 5) is 11.1. The van der Waals surface area contributed by atoms with Crippen molar-refractivity contribution in [1.29, 1.82) is 0 Å². The third-order valence-corrected chi connectivity index (χ3v) is 2.52. The van der Waals surface area contributed by atoms with Crippen molar-refractivity contribution in [2.24, 2.45) is 0 Å². The minimum Gasteiger partial charge on any atom is -0.394 e. The highest BCUT2D eigenvalue weighted by molar-refractivity contribution is 5.87. The van der Waals surface area contributed by atoms with Crippen molar-refractivity contribution in [3.8, 4) is 0 Å². The number of carbonyl (C=O) groups excluding carboxylic acids is 1. The van der Waals surface area contributed by atoms with E-state index in [1.807, 2.05) is 0 Å². The Kier molecular flexibility index (Phi) is 5.85. The smallest absolute Gasteiger partial charge is 0.247 e. The molecular formula is C11H20N2O2. The van der Waals surface area contributed by atoms with E-state index in [1.54, 1.807) is 13.2 Å². The molecule has 1 aliphatic carbocycles. The fourth-order valence-corrected chi connectivity index (χ4v) is 1.68. The third kappa shape index (κ3) is 5.42. The van der Waals surface area contributed by atoms with E-state index in [0.29, 0.717) is 12.8 Å². The molecule has 0 aromatic rings. The van der Waals surface area contributed by atoms with Crippen LogP contribution in [0.15, 0.2) is 12.3 Å². The molecule has 1 aliphatic rings. The maximum atomic E-state index is 11.1. The molecular weight excluding hydrogens is 192 g/mol. The van der Waals surface area contributed by atoms with E-state index in [1.165, 1.54) is 25.3 Å². The summed E-state index contributed by atoms with van der Waals surface area (Å²) in [5.41, 5.74) is 0. The molecule has 0 saturated heterocycles. The molecule has 0 bridgehead atoms. The molecule has 0 spiro atoms. The number of rotatable bonds is 5. The van der Waals surface area contributed by atoms with Crippen molar-refractivity contribution in [3.63, 3.8) is 0 Å². The fraction of sp³-hybridized carbons (Fsp3) is 0.727. The van der Waals surface area contributed by atoms with Crippen LogP contribution in [-0.4, -0.2) is 25.8 Å². The first-order chi connectivity index (χ1) is 7.33. The molecule has 4 nitrogen and oxygen atoms in total. The van der Waals surface area contributed by atoms with Crippen LogP contribution < -0.4 is 10.6 Å². The standard InChI is InChI=1S/C11H20N2O2/c1-12-8-7-11(14)13-9-15-10-5-3-2-4-6-10/h7-8,10,12H,2-6,9H2,1H3,(H,13,14)/b8-7-. The molecule has 1 fully saturated rings. The second-order valence-electron chi connectivity index (χ2n) is 3.73. The quantitative estimate of drug-likeness (QED) is 0.531. The summed E-state index contributed by atoms with van der Waals surface area (Å²) >= 11 is 0. The topological polar surface area (TPSA) is 50.4 Å². The Morgan fingerprint density at radius 3 is 2.80 bits per heavy atom. The van der Waals surface area contributed by atoms with Gasteiger partial charge in [0.15, 0.2) is 0 Å². The summed E-state index contributed by atoms with van der Waals surface area (Å²) in [6.07, 6.45) is 9.45. The molecule has 1 amide bonds. The zero-order chi connectivity index (χ0) is 10.9. The molecule has 4 heteroatoms. The van der Waals surface area contributed by atoms with Gasteiger partial charge in [0.2, 0.25) is 5.91 Å². The minimum atomic E-state index is -0.125. The maximum Gasteiger partial charge on any atom is 0.247 e. The molecule has 86 valence electrons. The lowest BCUT2D eigenvalue weighted by Gasteiger charge is -2.21. The molecule has 0 aliphatic heterocycles. The minimum absolute atomic E-state index is 0.125. The Morgan fingerprint density at radius 1 is 1.40 bits per heavy atom. The van der Waals surface area contributed by atoms with E-state index in [9.17, 15) is 4.79 Å². The van der Waals surface area contributed by atoms with Crippen molar-refractivity contribution in [1.82, 2.24) is 10.6 Å². The van der Waals surface area contributed by atoms with Gasteiger partial charge in [0.05, 0.1) is 6.10 Å². The van der Waals surface area contributed by atoms with Crippen LogP contribution in [-0.2, 0) is 9.53 Å². The van der Waals surface area contributed by atoms with Crippen LogP contribution >= 0.6 is 0 Å². The molecule has 0 aromatic carbocycles. The van der Waals surface area contributed by atoms with Crippen LogP contribution in [0.5, 0.6) is 0 Å². The molecule has 0 aromatic heterocycles. The molecule has 1 rings (SSSR count). The number of carbonyl (C=O) groups is 1. The highest BCUT2D eigenvalue weighted by Gasteiger charge is 2.13. The van der Waals surface area contributed by atoms with E-state index < -0.39 is 0 Å². The van der Waals surface area contributed by atoms with Crippen LogP contribution in [0.3, 0.4) is 0 Å². The Morgan fingerprint density at radius 2 is 2.13 bits per heavy atom. The van der Waals surface area contributed by atoms with Gasteiger partial charge in [-0.2, -0.15) is 0 Å². The second-order valence-corrected chi connectivity index (χ2v) is 3.73. The van der Waals surface area contributed by atoms with Gasteiger partial charge in [0.25, 0.3) is 0 Å². The molecule has 0 heterocycles. The summed E-state index contributed by atoms with van der Waals surface area (Å²) in [5, 5.41) is 5.43. The van der Waals surface area contributed by atoms with Crippen LogP contribution in [0.25, 0.3) is 0 Å². The molecule has 15 heavy (non-hydrogen) atoms. The van der Waals surface area contributed by atoms with Crippen LogP contribution in [0.1, 0.15) is 32.1 Å². The molecule has 0 atom stereocenters. The SMILES string of the molecule is CN/C=C\C(=O)NCOC1CCCCC1. The molecule has 2 N–H and O–H groups in total. The zero-order valence-corrected chi connectivity index (χ0v) is 9.29. The third-order valence-electron chi connectivity index (χ3n) is 2.52. The van der Waals surface area contributed by atoms with Gasteiger partial charge in [0, 0.05) is 19.3 Å². The average Bonchev–Trinajstić information content (AvgIpc) is 2.28. The van der Waals surface area contributed by atoms with Crippen molar-refractivity contribution >= 4 is 5.91 Å². The Balaban J connectivity index is 2.04. The van der Waals surface area contributed by atoms with Crippen molar-refractivity contribution in [2.45, 2.75) is 38.2 Å². The first-order valence-corrected chi connectivity index (χ1v) is 5.56. The lowest BCUT2D eigenvalue weighted by molar-refractivity contribution is -0.119. The van der Waals surface area contributed by atoms with Gasteiger partial charge in [-0.3, -0.25) is 4.79 Å². The average molecular weight is 212 g/mol. The van der Waals surface area contributed by atoms with Gasteiger partial charge in [0.1, 0.15) is 6.73 Å². The Labute approximate surface area is 91.1 Å². The first kappa shape index (κ1) is 12.0. The normalized spacial score (nSPS) is 17.9. The van der Waals surface area contributed by atoms with Crippen LogP contribution in [0.2, 0.25) is 0 Å². The molecule has 0 unspecified atom stereocenters. The summed E-state index contributed by atoms with van der Waals surface area (Å²) in [6, 6.07) is 0. The van der Waals surface area contributed by atoms with Gasteiger partial charge in [-0.1, -0.05) is 19.3 Å². The molecule has 0 radical (unpaired) electrons. The Hall–Kier alpha value is -1.03. The van der Waals surface area contributed by atoms with Gasteiger partial charge < -0.3 is 15.4 Å². The van der Waals surface area contributed by atoms with Gasteiger partial charge in [-0.25, -0.2) is 0 Å². The summed E-state index contributed by atoms with van der Waals surface area (Å²) in [6.45, 7) is 0.317. The van der Waals surface area contributed by atoms with E-state index in [-0.39, 0.29) is 5.91 Å². The molecule has 1 saturated carbocycles. The number of hydrogen-bond acceptors (Lipinski definition) is 3. The first-order valence-electron chi connectivity index (χ1n) is 5.56. The lowest BCUT2D eigenvalue weighted by atomic mass is 9.98. The van der Waals surface area contributed by atoms with E-state index in [0.717, 1.165) is 12.8 Å². The van der Waals surface area contributed by atoms with Crippen molar-refractivity contribution < 1.29 is 9.53 Å². The highest BCUT2D eigenvalue weighted by Crippen LogP contribution is 2.19. The largest absolute Gasteiger partial charge is 0.394 e. The second kappa shape index (κ2) is 7.29. The summed E-state index contributed by atoms with van der Waals surface area (Å²) < 4.78 is 5.55. The van der Waals surface area contributed by atoms with E-state index in [2.05, 4.69) is 10.6 Å². The van der Waals surface area contributed by atoms with E-state index in [4.69, 9.17) is 4.74 Å². The number of hydrogen-bond donors (Lipinski definition) is 2. The number of amides is 1. The van der Waals surface area contributed by atoms with Gasteiger partial charge >= 0.3 is 0 Å². The maximum absolute atomic E-state index is 11.1. The zero-order valence-electron chi connectivity index (χ0n) is 9.29. The predicted molar refractivity (Wildman–Crippen MR) is 59.2 cm³/mol. The van der Waals surface area contributed by atoms with Crippen LogP contribution in [0.4, 0.5) is 0 Å².